The Morgan fingerprint density at radius 1 is 0.976 bits per heavy atom. The van der Waals surface area contributed by atoms with Crippen LogP contribution in [0.2, 0.25) is 5.02 Å². The molecule has 41 heavy (non-hydrogen) atoms. The molecule has 7 nitrogen and oxygen atoms in total. The van der Waals surface area contributed by atoms with Crippen molar-refractivity contribution in [1.29, 1.82) is 0 Å². The fraction of sp³-hybridized carbons (Fsp3) is 0.519. The molecule has 0 amide bonds. The minimum Gasteiger partial charge on any atom is -0.493 e. The van der Waals surface area contributed by atoms with Crippen molar-refractivity contribution in [3.63, 3.8) is 0 Å². The van der Waals surface area contributed by atoms with E-state index in [1.54, 1.807) is 23.1 Å². The Labute approximate surface area is 236 Å². The number of halogens is 7. The van der Waals surface area contributed by atoms with Crippen molar-refractivity contribution >= 4 is 17.4 Å². The highest BCUT2D eigenvalue weighted by atomic mass is 35.5. The molecule has 14 heteroatoms. The molecule has 0 unspecified atom stereocenters. The van der Waals surface area contributed by atoms with Gasteiger partial charge in [0.1, 0.15) is 17.1 Å². The molecular formula is C27H25ClF6N6O. The van der Waals surface area contributed by atoms with Gasteiger partial charge in [-0.15, -0.1) is 10.2 Å². The van der Waals surface area contributed by atoms with E-state index < -0.39 is 23.6 Å². The van der Waals surface area contributed by atoms with Gasteiger partial charge >= 0.3 is 12.4 Å². The molecule has 4 aliphatic rings. The van der Waals surface area contributed by atoms with Crippen molar-refractivity contribution in [3.8, 4) is 11.4 Å². The van der Waals surface area contributed by atoms with Crippen molar-refractivity contribution < 1.29 is 31.1 Å². The topological polar surface area (TPSA) is 59.3 Å². The maximum Gasteiger partial charge on any atom is 0.433 e. The molecule has 2 saturated carbocycles. The van der Waals surface area contributed by atoms with E-state index in [0.29, 0.717) is 35.3 Å². The summed E-state index contributed by atoms with van der Waals surface area (Å²) in [4.78, 5) is 7.07. The number of methoxy groups -OCH3 is 1. The Morgan fingerprint density at radius 2 is 1.71 bits per heavy atom. The average molecular weight is 599 g/mol. The third-order valence-corrected chi connectivity index (χ3v) is 9.25. The van der Waals surface area contributed by atoms with Gasteiger partial charge in [-0.2, -0.15) is 26.3 Å². The smallest absolute Gasteiger partial charge is 0.433 e. The lowest BCUT2D eigenvalue weighted by Crippen LogP contribution is -2.62. The van der Waals surface area contributed by atoms with Crippen LogP contribution >= 0.6 is 11.6 Å². The summed E-state index contributed by atoms with van der Waals surface area (Å²) in [6, 6.07) is 7.40. The van der Waals surface area contributed by atoms with Crippen molar-refractivity contribution in [2.75, 3.05) is 25.1 Å². The van der Waals surface area contributed by atoms with Gasteiger partial charge in [0.15, 0.2) is 17.4 Å². The Bertz CT molecular complexity index is 1520. The number of nitrogens with zero attached hydrogens (tertiary/aromatic N) is 6. The molecule has 1 aromatic carbocycles. The number of alkyl halides is 6. The average Bonchev–Trinajstić information content (AvgIpc) is 3.61. The molecule has 2 aromatic heterocycles. The van der Waals surface area contributed by atoms with Crippen molar-refractivity contribution in [2.45, 2.75) is 62.6 Å². The third kappa shape index (κ3) is 4.17. The fourth-order valence-corrected chi connectivity index (χ4v) is 7.00. The highest BCUT2D eigenvalue weighted by Crippen LogP contribution is 2.58. The first-order valence-corrected chi connectivity index (χ1v) is 13.6. The SMILES string of the molecule is COc1ccc(C(F)(F)F)nc1N1CC2(CC(c3nnc4n3-c3ccc(Cl)cc3CN(C3(C(F)(F)F)CC3)C4)C2)C1. The highest BCUT2D eigenvalue weighted by Gasteiger charge is 2.67. The monoisotopic (exact) mass is 598 g/mol. The molecule has 0 atom stereocenters. The van der Waals surface area contributed by atoms with E-state index in [1.165, 1.54) is 18.1 Å². The summed E-state index contributed by atoms with van der Waals surface area (Å²) in [5.41, 5.74) is -1.56. The Morgan fingerprint density at radius 3 is 2.34 bits per heavy atom. The van der Waals surface area contributed by atoms with E-state index in [0.717, 1.165) is 24.6 Å². The van der Waals surface area contributed by atoms with Crippen LogP contribution in [0.15, 0.2) is 30.3 Å². The van der Waals surface area contributed by atoms with E-state index in [9.17, 15) is 26.3 Å². The second-order valence-electron chi connectivity index (χ2n) is 11.6. The molecule has 7 rings (SSSR count). The largest absolute Gasteiger partial charge is 0.493 e. The number of pyridine rings is 1. The number of fused-ring (bicyclic) bond motifs is 3. The molecule has 3 fully saturated rings. The molecule has 2 aliphatic carbocycles. The van der Waals surface area contributed by atoms with E-state index in [1.807, 2.05) is 4.57 Å². The maximum absolute atomic E-state index is 14.1. The van der Waals surface area contributed by atoms with Gasteiger partial charge in [-0.1, -0.05) is 11.6 Å². The predicted octanol–water partition coefficient (Wildman–Crippen LogP) is 6.14. The lowest BCUT2D eigenvalue weighted by Gasteiger charge is -2.59. The summed E-state index contributed by atoms with van der Waals surface area (Å²) in [6.45, 7) is 1.13. The molecule has 3 aromatic rings. The molecule has 2 aliphatic heterocycles. The molecule has 1 spiro atoms. The summed E-state index contributed by atoms with van der Waals surface area (Å²) < 4.78 is 89.2. The summed E-state index contributed by atoms with van der Waals surface area (Å²) in [7, 11) is 1.39. The van der Waals surface area contributed by atoms with Gasteiger partial charge in [-0.05, 0) is 61.6 Å². The summed E-state index contributed by atoms with van der Waals surface area (Å²) in [6.07, 6.45) is -7.39. The van der Waals surface area contributed by atoms with Crippen LogP contribution in [0.1, 0.15) is 54.5 Å². The maximum atomic E-state index is 14.1. The van der Waals surface area contributed by atoms with Crippen molar-refractivity contribution in [1.82, 2.24) is 24.6 Å². The number of ether oxygens (including phenoxy) is 1. The molecule has 218 valence electrons. The summed E-state index contributed by atoms with van der Waals surface area (Å²) >= 11 is 6.26. The van der Waals surface area contributed by atoms with Crippen LogP contribution in [0.3, 0.4) is 0 Å². The van der Waals surface area contributed by atoms with Crippen LogP contribution in [0.25, 0.3) is 5.69 Å². The number of aromatic nitrogens is 4. The normalized spacial score (nSPS) is 21.5. The minimum atomic E-state index is -4.56. The Balaban J connectivity index is 1.14. The number of rotatable bonds is 4. The van der Waals surface area contributed by atoms with Gasteiger partial charge in [0.2, 0.25) is 0 Å². The van der Waals surface area contributed by atoms with Crippen LogP contribution in [0.5, 0.6) is 5.75 Å². The number of hydrogen-bond donors (Lipinski definition) is 0. The predicted molar refractivity (Wildman–Crippen MR) is 136 cm³/mol. The first kappa shape index (κ1) is 26.8. The lowest BCUT2D eigenvalue weighted by atomic mass is 9.57. The minimum absolute atomic E-state index is 0.00217. The van der Waals surface area contributed by atoms with Gasteiger partial charge in [-0.25, -0.2) is 4.98 Å². The van der Waals surface area contributed by atoms with E-state index in [-0.39, 0.29) is 48.8 Å². The van der Waals surface area contributed by atoms with Gasteiger partial charge in [0, 0.05) is 36.0 Å². The molecular weight excluding hydrogens is 574 g/mol. The second-order valence-corrected chi connectivity index (χ2v) is 12.1. The first-order valence-electron chi connectivity index (χ1n) is 13.2. The van der Waals surface area contributed by atoms with E-state index in [4.69, 9.17) is 16.3 Å². The van der Waals surface area contributed by atoms with Crippen molar-refractivity contribution in [2.24, 2.45) is 5.41 Å². The molecule has 4 heterocycles. The third-order valence-electron chi connectivity index (χ3n) is 9.01. The van der Waals surface area contributed by atoms with Crippen LogP contribution in [0, 0.1) is 5.41 Å². The number of anilines is 1. The van der Waals surface area contributed by atoms with Crippen LogP contribution in [0.4, 0.5) is 32.2 Å². The van der Waals surface area contributed by atoms with Crippen LogP contribution in [-0.2, 0) is 19.3 Å². The quantitative estimate of drug-likeness (QED) is 0.337. The Hall–Kier alpha value is -3.06. The van der Waals surface area contributed by atoms with Gasteiger partial charge in [0.05, 0.1) is 19.3 Å². The number of hydrogen-bond acceptors (Lipinski definition) is 6. The molecule has 1 saturated heterocycles. The summed E-state index contributed by atoms with van der Waals surface area (Å²) in [5, 5.41) is 9.24. The first-order chi connectivity index (χ1) is 19.3. The molecule has 0 radical (unpaired) electrons. The van der Waals surface area contributed by atoms with Crippen molar-refractivity contribution in [3.05, 3.63) is 58.3 Å². The zero-order valence-corrected chi connectivity index (χ0v) is 22.6. The van der Waals surface area contributed by atoms with Crippen LogP contribution < -0.4 is 9.64 Å². The lowest BCUT2D eigenvalue weighted by molar-refractivity contribution is -0.200. The second kappa shape index (κ2) is 8.73. The van der Waals surface area contributed by atoms with E-state index >= 15 is 0 Å². The number of benzene rings is 1. The van der Waals surface area contributed by atoms with Gasteiger partial charge in [0.25, 0.3) is 0 Å². The Kier molecular flexibility index (Phi) is 5.71. The fourth-order valence-electron chi connectivity index (χ4n) is 6.81. The zero-order chi connectivity index (χ0) is 28.9. The van der Waals surface area contributed by atoms with Gasteiger partial charge < -0.3 is 9.64 Å². The highest BCUT2D eigenvalue weighted by molar-refractivity contribution is 6.30. The molecule has 0 N–H and O–H groups in total. The van der Waals surface area contributed by atoms with Gasteiger partial charge in [-0.3, -0.25) is 9.47 Å². The van der Waals surface area contributed by atoms with Crippen LogP contribution in [-0.4, -0.2) is 56.6 Å². The zero-order valence-electron chi connectivity index (χ0n) is 21.9. The molecule has 0 bridgehead atoms. The summed E-state index contributed by atoms with van der Waals surface area (Å²) in [5.74, 6) is 1.57. The standard InChI is InChI=1S/C27H25ClF6N6O/c1-41-19-4-5-20(26(29,30)31)35-23(19)38-13-24(14-38)9-16(10-24)22-37-36-21-12-39(25(6-7-25)27(32,33)34)11-15-8-17(28)2-3-18(15)40(21)22/h2-5,8,16H,6-7,9-14H2,1H3. The van der Waals surface area contributed by atoms with E-state index in [2.05, 4.69) is 15.2 Å².